The minimum atomic E-state index is 0.694. The summed E-state index contributed by atoms with van der Waals surface area (Å²) in [4.78, 5) is 2.35. The predicted octanol–water partition coefficient (Wildman–Crippen LogP) is 3.57. The number of hydrogen-bond acceptors (Lipinski definition) is 4. The van der Waals surface area contributed by atoms with Crippen molar-refractivity contribution in [1.29, 1.82) is 5.26 Å². The van der Waals surface area contributed by atoms with Crippen LogP contribution in [0.1, 0.15) is 30.5 Å². The lowest BCUT2D eigenvalue weighted by Crippen LogP contribution is -2.28. The van der Waals surface area contributed by atoms with Gasteiger partial charge in [-0.2, -0.15) is 5.26 Å². The number of benzene rings is 2. The first-order valence-electron chi connectivity index (χ1n) is 8.89. The van der Waals surface area contributed by atoms with Crippen LogP contribution in [0, 0.1) is 11.3 Å². The van der Waals surface area contributed by atoms with Crippen LogP contribution in [-0.4, -0.2) is 31.1 Å². The molecule has 4 heteroatoms. The van der Waals surface area contributed by atoms with Gasteiger partial charge in [0.25, 0.3) is 0 Å². The van der Waals surface area contributed by atoms with Gasteiger partial charge in [0, 0.05) is 25.2 Å². The Morgan fingerprint density at radius 1 is 1.04 bits per heavy atom. The molecule has 0 spiro atoms. The average Bonchev–Trinajstić information content (AvgIpc) is 2.66. The Morgan fingerprint density at radius 2 is 1.84 bits per heavy atom. The third kappa shape index (κ3) is 6.22. The normalized spacial score (nSPS) is 10.6. The molecule has 25 heavy (non-hydrogen) atoms. The van der Waals surface area contributed by atoms with E-state index in [4.69, 9.17) is 10.00 Å². The summed E-state index contributed by atoms with van der Waals surface area (Å²) in [5.74, 6) is 0.938. The van der Waals surface area contributed by atoms with E-state index < -0.39 is 0 Å². The second-order valence-corrected chi connectivity index (χ2v) is 5.90. The van der Waals surface area contributed by atoms with Gasteiger partial charge in [0.1, 0.15) is 12.4 Å². The molecule has 4 nitrogen and oxygen atoms in total. The van der Waals surface area contributed by atoms with Gasteiger partial charge in [-0.05, 0) is 36.9 Å². The lowest BCUT2D eigenvalue weighted by atomic mass is 10.1. The molecule has 0 saturated carbocycles. The van der Waals surface area contributed by atoms with Crippen LogP contribution < -0.4 is 10.1 Å². The highest BCUT2D eigenvalue weighted by molar-refractivity contribution is 5.34. The molecule has 1 N–H and O–H groups in total. The molecule has 0 bridgehead atoms. The molecule has 0 aliphatic heterocycles. The fraction of sp³-hybridized carbons (Fsp3) is 0.381. The van der Waals surface area contributed by atoms with Gasteiger partial charge in [0.2, 0.25) is 0 Å². The molecule has 0 heterocycles. The zero-order chi connectivity index (χ0) is 17.9. The minimum absolute atomic E-state index is 0.694. The van der Waals surface area contributed by atoms with Crippen LogP contribution in [-0.2, 0) is 13.1 Å². The third-order valence-corrected chi connectivity index (χ3v) is 4.23. The second-order valence-electron chi connectivity index (χ2n) is 5.90. The molecule has 0 saturated heterocycles. The fourth-order valence-electron chi connectivity index (χ4n) is 2.71. The van der Waals surface area contributed by atoms with Gasteiger partial charge in [-0.3, -0.25) is 0 Å². The zero-order valence-electron chi connectivity index (χ0n) is 15.2. The first-order chi connectivity index (χ1) is 12.3. The van der Waals surface area contributed by atoms with Crippen molar-refractivity contribution >= 4 is 0 Å². The molecule has 0 radical (unpaired) electrons. The minimum Gasteiger partial charge on any atom is -0.492 e. The quantitative estimate of drug-likeness (QED) is 0.720. The molecule has 0 fully saturated rings. The van der Waals surface area contributed by atoms with Crippen molar-refractivity contribution in [2.24, 2.45) is 0 Å². The van der Waals surface area contributed by atoms with E-state index >= 15 is 0 Å². The first-order valence-corrected chi connectivity index (χ1v) is 8.89. The molecule has 2 aromatic carbocycles. The average molecular weight is 337 g/mol. The summed E-state index contributed by atoms with van der Waals surface area (Å²) in [6.07, 6.45) is 0. The third-order valence-electron chi connectivity index (χ3n) is 4.23. The van der Waals surface area contributed by atoms with Gasteiger partial charge in [-0.25, -0.2) is 0 Å². The standard InChI is InChI=1S/C21H27N3O/c1-3-24(4-2)12-13-25-21-11-6-5-10-20(21)17-23-16-19-9-7-8-18(14-19)15-22/h5-11,14,23H,3-4,12-13,16-17H2,1-2H3. The van der Waals surface area contributed by atoms with E-state index in [1.807, 2.05) is 42.5 Å². The lowest BCUT2D eigenvalue weighted by molar-refractivity contribution is 0.221. The van der Waals surface area contributed by atoms with E-state index in [0.29, 0.717) is 12.2 Å². The van der Waals surface area contributed by atoms with Crippen LogP contribution in [0.15, 0.2) is 48.5 Å². The van der Waals surface area contributed by atoms with Crippen molar-refractivity contribution in [2.45, 2.75) is 26.9 Å². The number of nitrogens with zero attached hydrogens (tertiary/aromatic N) is 2. The summed E-state index contributed by atoms with van der Waals surface area (Å²) >= 11 is 0. The van der Waals surface area contributed by atoms with Gasteiger partial charge >= 0.3 is 0 Å². The molecular weight excluding hydrogens is 310 g/mol. The number of ether oxygens (including phenoxy) is 1. The Bertz CT molecular complexity index is 690. The monoisotopic (exact) mass is 337 g/mol. The molecular formula is C21H27N3O. The van der Waals surface area contributed by atoms with Crippen LogP contribution in [0.5, 0.6) is 5.75 Å². The number of likely N-dealkylation sites (N-methyl/N-ethyl adjacent to an activating group) is 1. The Hall–Kier alpha value is -2.35. The van der Waals surface area contributed by atoms with Crippen molar-refractivity contribution < 1.29 is 4.74 Å². The number of nitrogens with one attached hydrogen (secondary N) is 1. The van der Waals surface area contributed by atoms with Crippen molar-refractivity contribution in [1.82, 2.24) is 10.2 Å². The Kier molecular flexibility index (Phi) is 7.97. The highest BCUT2D eigenvalue weighted by Crippen LogP contribution is 2.18. The van der Waals surface area contributed by atoms with Crippen LogP contribution in [0.3, 0.4) is 0 Å². The maximum absolute atomic E-state index is 8.97. The first kappa shape index (κ1) is 19.0. The van der Waals surface area contributed by atoms with Gasteiger partial charge in [0.15, 0.2) is 0 Å². The van der Waals surface area contributed by atoms with Crippen LogP contribution >= 0.6 is 0 Å². The van der Waals surface area contributed by atoms with E-state index in [9.17, 15) is 0 Å². The summed E-state index contributed by atoms with van der Waals surface area (Å²) < 4.78 is 5.99. The topological polar surface area (TPSA) is 48.3 Å². The van der Waals surface area contributed by atoms with Crippen molar-refractivity contribution in [3.8, 4) is 11.8 Å². The number of rotatable bonds is 10. The van der Waals surface area contributed by atoms with Crippen LogP contribution in [0.4, 0.5) is 0 Å². The number of hydrogen-bond donors (Lipinski definition) is 1. The smallest absolute Gasteiger partial charge is 0.123 e. The fourth-order valence-corrected chi connectivity index (χ4v) is 2.71. The molecule has 132 valence electrons. The Balaban J connectivity index is 1.86. The number of nitriles is 1. The highest BCUT2D eigenvalue weighted by Gasteiger charge is 2.05. The van der Waals surface area contributed by atoms with E-state index in [2.05, 4.69) is 36.2 Å². The van der Waals surface area contributed by atoms with E-state index in [-0.39, 0.29) is 0 Å². The van der Waals surface area contributed by atoms with Gasteiger partial charge < -0.3 is 15.0 Å². The maximum atomic E-state index is 8.97. The van der Waals surface area contributed by atoms with E-state index in [0.717, 1.165) is 49.6 Å². The van der Waals surface area contributed by atoms with Crippen molar-refractivity contribution in [3.63, 3.8) is 0 Å². The van der Waals surface area contributed by atoms with Crippen LogP contribution in [0.2, 0.25) is 0 Å². The molecule has 0 aromatic heterocycles. The van der Waals surface area contributed by atoms with Gasteiger partial charge in [-0.15, -0.1) is 0 Å². The molecule has 0 aliphatic carbocycles. The van der Waals surface area contributed by atoms with Crippen molar-refractivity contribution in [3.05, 3.63) is 65.2 Å². The largest absolute Gasteiger partial charge is 0.492 e. The summed E-state index contributed by atoms with van der Waals surface area (Å²) in [5.41, 5.74) is 2.96. The molecule has 2 rings (SSSR count). The molecule has 0 unspecified atom stereocenters. The van der Waals surface area contributed by atoms with Gasteiger partial charge in [0.05, 0.1) is 11.6 Å². The lowest BCUT2D eigenvalue weighted by Gasteiger charge is -2.19. The summed E-state index contributed by atoms with van der Waals surface area (Å²) in [7, 11) is 0. The Morgan fingerprint density at radius 3 is 2.60 bits per heavy atom. The molecule has 0 amide bonds. The summed E-state index contributed by atoms with van der Waals surface area (Å²) in [6, 6.07) is 18.0. The zero-order valence-corrected chi connectivity index (χ0v) is 15.2. The maximum Gasteiger partial charge on any atom is 0.123 e. The highest BCUT2D eigenvalue weighted by atomic mass is 16.5. The predicted molar refractivity (Wildman–Crippen MR) is 101 cm³/mol. The number of para-hydroxylation sites is 1. The summed E-state index contributed by atoms with van der Waals surface area (Å²) in [5, 5.41) is 12.4. The van der Waals surface area contributed by atoms with Crippen molar-refractivity contribution in [2.75, 3.05) is 26.2 Å². The second kappa shape index (κ2) is 10.5. The van der Waals surface area contributed by atoms with Gasteiger partial charge in [-0.1, -0.05) is 44.2 Å². The SMILES string of the molecule is CCN(CC)CCOc1ccccc1CNCc1cccc(C#N)c1. The molecule has 2 aromatic rings. The Labute approximate surface area is 151 Å². The molecule has 0 aliphatic rings. The van der Waals surface area contributed by atoms with E-state index in [1.165, 1.54) is 0 Å². The van der Waals surface area contributed by atoms with Crippen LogP contribution in [0.25, 0.3) is 0 Å². The van der Waals surface area contributed by atoms with E-state index in [1.54, 1.807) is 0 Å². The summed E-state index contributed by atoms with van der Waals surface area (Å²) in [6.45, 7) is 9.53. The molecule has 0 atom stereocenters.